The second-order valence-electron chi connectivity index (χ2n) is 6.48. The van der Waals surface area contributed by atoms with Crippen LogP contribution in [0.2, 0.25) is 0 Å². The van der Waals surface area contributed by atoms with Crippen LogP contribution >= 0.6 is 23.7 Å². The molecule has 0 radical (unpaired) electrons. The molecule has 1 aliphatic rings. The number of benzene rings is 1. The fourth-order valence-corrected chi connectivity index (χ4v) is 3.75. The molecule has 25 heavy (non-hydrogen) atoms. The highest BCUT2D eigenvalue weighted by Crippen LogP contribution is 2.36. The molecule has 0 unspecified atom stereocenters. The average molecular weight is 382 g/mol. The van der Waals surface area contributed by atoms with E-state index in [1.165, 1.54) is 11.3 Å². The Bertz CT molecular complexity index is 712. The van der Waals surface area contributed by atoms with Gasteiger partial charge in [-0.05, 0) is 18.8 Å². The summed E-state index contributed by atoms with van der Waals surface area (Å²) >= 11 is 1.52. The lowest BCUT2D eigenvalue weighted by Gasteiger charge is -2.31. The van der Waals surface area contributed by atoms with E-state index in [2.05, 4.69) is 24.1 Å². The van der Waals surface area contributed by atoms with Gasteiger partial charge in [-0.2, -0.15) is 0 Å². The molecule has 1 aliphatic heterocycles. The number of nitrogens with two attached hydrogens (primary N) is 1. The molecule has 2 heterocycles. The predicted octanol–water partition coefficient (Wildman–Crippen LogP) is 3.80. The molecule has 5 nitrogen and oxygen atoms in total. The molecular formula is C18H24ClN3O2S. The summed E-state index contributed by atoms with van der Waals surface area (Å²) in [5.41, 5.74) is 7.38. The standard InChI is InChI=1S/C18H23N3O2S.ClH/c1-12(2)15-14(13-6-4-3-5-7-13)20-17(24-15)21-16(22)18(19)8-10-23-11-9-18;/h3-7,12H,8-11,19H2,1-2H3,(H,20,21,22);1H. The summed E-state index contributed by atoms with van der Waals surface area (Å²) in [5.74, 6) is 0.160. The maximum atomic E-state index is 12.6. The van der Waals surface area contributed by atoms with Gasteiger partial charge in [-0.3, -0.25) is 4.79 Å². The first-order valence-electron chi connectivity index (χ1n) is 8.24. The maximum Gasteiger partial charge on any atom is 0.246 e. The highest BCUT2D eigenvalue weighted by Gasteiger charge is 2.36. The van der Waals surface area contributed by atoms with Gasteiger partial charge < -0.3 is 15.8 Å². The van der Waals surface area contributed by atoms with Crippen molar-refractivity contribution in [3.8, 4) is 11.3 Å². The van der Waals surface area contributed by atoms with E-state index >= 15 is 0 Å². The van der Waals surface area contributed by atoms with Crippen molar-refractivity contribution < 1.29 is 9.53 Å². The molecule has 3 rings (SSSR count). The minimum Gasteiger partial charge on any atom is -0.381 e. The van der Waals surface area contributed by atoms with Gasteiger partial charge in [0.15, 0.2) is 5.13 Å². The summed E-state index contributed by atoms with van der Waals surface area (Å²) in [5, 5.41) is 3.54. The first-order valence-corrected chi connectivity index (χ1v) is 9.05. The number of amides is 1. The summed E-state index contributed by atoms with van der Waals surface area (Å²) < 4.78 is 5.30. The van der Waals surface area contributed by atoms with Crippen LogP contribution in [0.4, 0.5) is 5.13 Å². The lowest BCUT2D eigenvalue weighted by molar-refractivity contribution is -0.124. The number of halogens is 1. The van der Waals surface area contributed by atoms with Crippen LogP contribution in [-0.2, 0) is 9.53 Å². The van der Waals surface area contributed by atoms with Crippen LogP contribution in [0.1, 0.15) is 37.5 Å². The molecule has 1 aromatic heterocycles. The van der Waals surface area contributed by atoms with E-state index in [1.54, 1.807) is 0 Å². The van der Waals surface area contributed by atoms with Crippen LogP contribution in [0.25, 0.3) is 11.3 Å². The number of carbonyl (C=O) groups is 1. The molecule has 0 bridgehead atoms. The van der Waals surface area contributed by atoms with Gasteiger partial charge in [0.05, 0.1) is 5.69 Å². The van der Waals surface area contributed by atoms with Crippen molar-refractivity contribution in [1.82, 2.24) is 4.98 Å². The number of carbonyl (C=O) groups excluding carboxylic acids is 1. The number of aromatic nitrogens is 1. The third-order valence-electron chi connectivity index (χ3n) is 4.28. The Morgan fingerprint density at radius 2 is 1.92 bits per heavy atom. The van der Waals surface area contributed by atoms with Crippen molar-refractivity contribution in [2.75, 3.05) is 18.5 Å². The number of hydrogen-bond acceptors (Lipinski definition) is 5. The van der Waals surface area contributed by atoms with Gasteiger partial charge in [-0.25, -0.2) is 4.98 Å². The van der Waals surface area contributed by atoms with E-state index in [4.69, 9.17) is 10.5 Å². The van der Waals surface area contributed by atoms with Crippen molar-refractivity contribution in [2.24, 2.45) is 5.73 Å². The molecule has 2 aromatic rings. The SMILES string of the molecule is CC(C)c1sc(NC(=O)C2(N)CCOCC2)nc1-c1ccccc1.Cl. The zero-order valence-electron chi connectivity index (χ0n) is 14.5. The Balaban J connectivity index is 0.00000225. The van der Waals surface area contributed by atoms with Crippen LogP contribution in [0.3, 0.4) is 0 Å². The number of nitrogens with zero attached hydrogens (tertiary/aromatic N) is 1. The minimum absolute atomic E-state index is 0. The third-order valence-corrected chi connectivity index (χ3v) is 5.55. The Hall–Kier alpha value is -1.47. The summed E-state index contributed by atoms with van der Waals surface area (Å²) in [6.07, 6.45) is 1.07. The second-order valence-corrected chi connectivity index (χ2v) is 7.51. The van der Waals surface area contributed by atoms with Crippen LogP contribution in [0, 0.1) is 0 Å². The normalized spacial score (nSPS) is 16.3. The number of thiazole rings is 1. The van der Waals surface area contributed by atoms with Gasteiger partial charge >= 0.3 is 0 Å². The van der Waals surface area contributed by atoms with Gasteiger partial charge in [0.1, 0.15) is 5.54 Å². The van der Waals surface area contributed by atoms with Crippen LogP contribution < -0.4 is 11.1 Å². The van der Waals surface area contributed by atoms with Crippen LogP contribution in [0.15, 0.2) is 30.3 Å². The van der Waals surface area contributed by atoms with Crippen molar-refractivity contribution in [3.63, 3.8) is 0 Å². The van der Waals surface area contributed by atoms with Crippen molar-refractivity contribution in [2.45, 2.75) is 38.1 Å². The molecule has 1 saturated heterocycles. The van der Waals surface area contributed by atoms with Crippen molar-refractivity contribution in [1.29, 1.82) is 0 Å². The summed E-state index contributed by atoms with van der Waals surface area (Å²) in [4.78, 5) is 18.4. The molecule has 0 spiro atoms. The van der Waals surface area contributed by atoms with Gasteiger partial charge in [-0.15, -0.1) is 23.7 Å². The Labute approximate surface area is 158 Å². The summed E-state index contributed by atoms with van der Waals surface area (Å²) in [6.45, 7) is 5.31. The van der Waals surface area contributed by atoms with E-state index in [0.717, 1.165) is 16.1 Å². The van der Waals surface area contributed by atoms with Gasteiger partial charge in [-0.1, -0.05) is 44.2 Å². The Morgan fingerprint density at radius 3 is 2.52 bits per heavy atom. The molecular weight excluding hydrogens is 358 g/mol. The zero-order valence-corrected chi connectivity index (χ0v) is 16.1. The molecule has 0 saturated carbocycles. The molecule has 0 atom stereocenters. The smallest absolute Gasteiger partial charge is 0.246 e. The molecule has 7 heteroatoms. The lowest BCUT2D eigenvalue weighted by atomic mass is 9.90. The Kier molecular flexibility index (Phi) is 6.57. The van der Waals surface area contributed by atoms with Gasteiger partial charge in [0, 0.05) is 23.7 Å². The molecule has 1 fully saturated rings. The fourth-order valence-electron chi connectivity index (χ4n) is 2.76. The minimum atomic E-state index is -0.866. The second kappa shape index (κ2) is 8.27. The van der Waals surface area contributed by atoms with Crippen molar-refractivity contribution >= 4 is 34.8 Å². The average Bonchev–Trinajstić information content (AvgIpc) is 3.00. The van der Waals surface area contributed by atoms with Crippen LogP contribution in [-0.4, -0.2) is 29.6 Å². The molecule has 1 amide bonds. The maximum absolute atomic E-state index is 12.6. The largest absolute Gasteiger partial charge is 0.381 e. The fraction of sp³-hybridized carbons (Fsp3) is 0.444. The highest BCUT2D eigenvalue weighted by atomic mass is 35.5. The topological polar surface area (TPSA) is 77.2 Å². The lowest BCUT2D eigenvalue weighted by Crippen LogP contribution is -2.54. The molecule has 1 aromatic carbocycles. The summed E-state index contributed by atoms with van der Waals surface area (Å²) in [6, 6.07) is 10.0. The van der Waals surface area contributed by atoms with E-state index in [1.807, 2.05) is 30.3 Å². The van der Waals surface area contributed by atoms with Crippen molar-refractivity contribution in [3.05, 3.63) is 35.2 Å². The monoisotopic (exact) mass is 381 g/mol. The van der Waals surface area contributed by atoms with E-state index < -0.39 is 5.54 Å². The highest BCUT2D eigenvalue weighted by molar-refractivity contribution is 7.16. The van der Waals surface area contributed by atoms with E-state index in [-0.39, 0.29) is 18.3 Å². The number of rotatable bonds is 4. The van der Waals surface area contributed by atoms with E-state index in [0.29, 0.717) is 37.1 Å². The Morgan fingerprint density at radius 1 is 1.28 bits per heavy atom. The van der Waals surface area contributed by atoms with Gasteiger partial charge in [0.25, 0.3) is 0 Å². The predicted molar refractivity (Wildman–Crippen MR) is 104 cm³/mol. The zero-order chi connectivity index (χ0) is 17.2. The molecule has 136 valence electrons. The third kappa shape index (κ3) is 4.39. The molecule has 0 aliphatic carbocycles. The van der Waals surface area contributed by atoms with Crippen LogP contribution in [0.5, 0.6) is 0 Å². The van der Waals surface area contributed by atoms with E-state index in [9.17, 15) is 4.79 Å². The molecule has 3 N–H and O–H groups in total. The summed E-state index contributed by atoms with van der Waals surface area (Å²) in [7, 11) is 0. The number of nitrogens with one attached hydrogen (secondary N) is 1. The number of ether oxygens (including phenoxy) is 1. The number of hydrogen-bond donors (Lipinski definition) is 2. The quantitative estimate of drug-likeness (QED) is 0.844. The first-order chi connectivity index (χ1) is 11.5. The number of anilines is 1. The first kappa shape index (κ1) is 19.8. The van der Waals surface area contributed by atoms with Gasteiger partial charge in [0.2, 0.25) is 5.91 Å².